The molecule has 2 aromatic heterocycles. The summed E-state index contributed by atoms with van der Waals surface area (Å²) in [5.74, 6) is 0. The molecule has 0 atom stereocenters. The van der Waals surface area contributed by atoms with Gasteiger partial charge >= 0.3 is 0 Å². The van der Waals surface area contributed by atoms with E-state index in [9.17, 15) is 0 Å². The van der Waals surface area contributed by atoms with Crippen molar-refractivity contribution in [2.24, 2.45) is 0 Å². The van der Waals surface area contributed by atoms with E-state index >= 15 is 0 Å². The minimum Gasteiger partial charge on any atom is -0.217 e. The van der Waals surface area contributed by atoms with Gasteiger partial charge in [0.25, 0.3) is 0 Å². The maximum absolute atomic E-state index is 6.41. The zero-order valence-corrected chi connectivity index (χ0v) is 19.6. The molecule has 0 amide bonds. The van der Waals surface area contributed by atoms with E-state index in [0.29, 0.717) is 0 Å². The maximum Gasteiger partial charge on any atom is 0.223 e. The summed E-state index contributed by atoms with van der Waals surface area (Å²) in [6.45, 7) is 0. The first-order valence-electron chi connectivity index (χ1n) is 11.1. The third-order valence-corrected chi connectivity index (χ3v) is 7.70. The quantitative estimate of drug-likeness (QED) is 0.185. The SMILES string of the molecule is Clc1nc(-c2ccc3c(c2)sc2cc(-c4ccccc4)ccc23)c2ccc3ccccc3c2n1. The van der Waals surface area contributed by atoms with Gasteiger partial charge in [-0.05, 0) is 46.3 Å². The van der Waals surface area contributed by atoms with Gasteiger partial charge in [0, 0.05) is 36.5 Å². The summed E-state index contributed by atoms with van der Waals surface area (Å²) in [6, 6.07) is 36.3. The molecule has 0 unspecified atom stereocenters. The van der Waals surface area contributed by atoms with Gasteiger partial charge in [0.05, 0.1) is 11.2 Å². The Kier molecular flexibility index (Phi) is 4.41. The van der Waals surface area contributed by atoms with E-state index in [1.807, 2.05) is 23.5 Å². The molecule has 0 saturated carbocycles. The average Bonchev–Trinajstić information content (AvgIpc) is 3.25. The second-order valence-corrected chi connectivity index (χ2v) is 9.84. The predicted octanol–water partition coefficient (Wildman–Crippen LogP) is 9.14. The topological polar surface area (TPSA) is 25.8 Å². The van der Waals surface area contributed by atoms with Crippen LogP contribution in [0.3, 0.4) is 0 Å². The molecule has 0 fully saturated rings. The Morgan fingerprint density at radius 3 is 2.03 bits per heavy atom. The molecule has 0 aliphatic rings. The molecule has 2 nitrogen and oxygen atoms in total. The number of benzene rings is 5. The normalized spacial score (nSPS) is 11.7. The van der Waals surface area contributed by atoms with Crippen LogP contribution in [0.5, 0.6) is 0 Å². The molecule has 0 aliphatic carbocycles. The predicted molar refractivity (Wildman–Crippen MR) is 146 cm³/mol. The van der Waals surface area contributed by atoms with Crippen LogP contribution in [-0.2, 0) is 0 Å². The Bertz CT molecular complexity index is 1870. The molecule has 0 radical (unpaired) electrons. The first-order valence-corrected chi connectivity index (χ1v) is 12.3. The van der Waals surface area contributed by atoms with Crippen molar-refractivity contribution in [2.45, 2.75) is 0 Å². The summed E-state index contributed by atoms with van der Waals surface area (Å²) < 4.78 is 2.52. The Morgan fingerprint density at radius 2 is 1.21 bits per heavy atom. The Labute approximate surface area is 205 Å². The fourth-order valence-corrected chi connectivity index (χ4v) is 6.14. The first kappa shape index (κ1) is 19.7. The number of aromatic nitrogens is 2. The van der Waals surface area contributed by atoms with E-state index in [-0.39, 0.29) is 5.28 Å². The van der Waals surface area contributed by atoms with Gasteiger partial charge in [-0.15, -0.1) is 11.3 Å². The minimum atomic E-state index is 0.266. The highest BCUT2D eigenvalue weighted by atomic mass is 35.5. The van der Waals surface area contributed by atoms with Gasteiger partial charge in [0.2, 0.25) is 5.28 Å². The van der Waals surface area contributed by atoms with Crippen molar-refractivity contribution in [3.05, 3.63) is 108 Å². The summed E-state index contributed by atoms with van der Waals surface area (Å²) in [5.41, 5.74) is 5.27. The zero-order valence-electron chi connectivity index (χ0n) is 18.0. The number of nitrogens with zero attached hydrogens (tertiary/aromatic N) is 2. The number of rotatable bonds is 2. The standard InChI is InChI=1S/C30H17ClN2S/c31-30-32-28(25-15-10-19-8-4-5-9-22(19)29(25)33-30)21-12-14-24-23-13-11-20(18-6-2-1-3-7-18)16-26(23)34-27(24)17-21/h1-17H. The van der Waals surface area contributed by atoms with Gasteiger partial charge in [-0.2, -0.15) is 0 Å². The average molecular weight is 473 g/mol. The van der Waals surface area contributed by atoms with Crippen molar-refractivity contribution < 1.29 is 0 Å². The Hall–Kier alpha value is -3.79. The largest absolute Gasteiger partial charge is 0.223 e. The van der Waals surface area contributed by atoms with Crippen LogP contribution in [-0.4, -0.2) is 9.97 Å². The van der Waals surface area contributed by atoms with Crippen LogP contribution in [0.4, 0.5) is 0 Å². The summed E-state index contributed by atoms with van der Waals surface area (Å²) >= 11 is 8.23. The third-order valence-electron chi connectivity index (χ3n) is 6.42. The highest BCUT2D eigenvalue weighted by molar-refractivity contribution is 7.25. The molecule has 0 N–H and O–H groups in total. The van der Waals surface area contributed by atoms with E-state index in [1.54, 1.807) is 0 Å². The van der Waals surface area contributed by atoms with E-state index in [0.717, 1.165) is 32.9 Å². The van der Waals surface area contributed by atoms with Crippen LogP contribution in [0.15, 0.2) is 103 Å². The van der Waals surface area contributed by atoms with Gasteiger partial charge in [-0.25, -0.2) is 9.97 Å². The lowest BCUT2D eigenvalue weighted by Gasteiger charge is -2.09. The van der Waals surface area contributed by atoms with Gasteiger partial charge in [0.1, 0.15) is 0 Å². The van der Waals surface area contributed by atoms with Gasteiger partial charge < -0.3 is 0 Å². The highest BCUT2D eigenvalue weighted by Crippen LogP contribution is 2.39. The van der Waals surface area contributed by atoms with E-state index in [4.69, 9.17) is 11.6 Å². The second kappa shape index (κ2) is 7.63. The summed E-state index contributed by atoms with van der Waals surface area (Å²) in [5, 5.41) is 6.05. The van der Waals surface area contributed by atoms with Crippen LogP contribution in [0.25, 0.3) is 64.2 Å². The molecule has 4 heteroatoms. The number of hydrogen-bond acceptors (Lipinski definition) is 3. The fourth-order valence-electron chi connectivity index (χ4n) is 4.79. The van der Waals surface area contributed by atoms with Crippen molar-refractivity contribution in [3.8, 4) is 22.4 Å². The van der Waals surface area contributed by atoms with Crippen molar-refractivity contribution >= 4 is 64.8 Å². The van der Waals surface area contributed by atoms with E-state index < -0.39 is 0 Å². The lowest BCUT2D eigenvalue weighted by Crippen LogP contribution is -1.92. The molecule has 0 aliphatic heterocycles. The lowest BCUT2D eigenvalue weighted by molar-refractivity contribution is 1.23. The highest BCUT2D eigenvalue weighted by Gasteiger charge is 2.14. The Balaban J connectivity index is 1.43. The van der Waals surface area contributed by atoms with Crippen LogP contribution >= 0.6 is 22.9 Å². The molecule has 160 valence electrons. The van der Waals surface area contributed by atoms with Crippen LogP contribution in [0.2, 0.25) is 5.28 Å². The fraction of sp³-hybridized carbons (Fsp3) is 0. The molecule has 0 saturated heterocycles. The molecular weight excluding hydrogens is 456 g/mol. The smallest absolute Gasteiger partial charge is 0.217 e. The number of thiophene rings is 1. The number of hydrogen-bond donors (Lipinski definition) is 0. The van der Waals surface area contributed by atoms with Crippen LogP contribution in [0, 0.1) is 0 Å². The first-order chi connectivity index (χ1) is 16.7. The molecule has 0 bridgehead atoms. The molecule has 7 aromatic rings. The summed E-state index contributed by atoms with van der Waals surface area (Å²) in [6.07, 6.45) is 0. The van der Waals surface area contributed by atoms with Gasteiger partial charge in [0.15, 0.2) is 0 Å². The zero-order chi connectivity index (χ0) is 22.6. The number of fused-ring (bicyclic) bond motifs is 6. The lowest BCUT2D eigenvalue weighted by atomic mass is 10.0. The second-order valence-electron chi connectivity index (χ2n) is 8.41. The van der Waals surface area contributed by atoms with Crippen molar-refractivity contribution in [3.63, 3.8) is 0 Å². The molecule has 2 heterocycles. The van der Waals surface area contributed by atoms with Crippen LogP contribution in [0.1, 0.15) is 0 Å². The van der Waals surface area contributed by atoms with Crippen molar-refractivity contribution in [2.75, 3.05) is 0 Å². The molecule has 34 heavy (non-hydrogen) atoms. The van der Waals surface area contributed by atoms with E-state index in [2.05, 4.69) is 101 Å². The third kappa shape index (κ3) is 3.09. The van der Waals surface area contributed by atoms with E-state index in [1.165, 1.54) is 31.3 Å². The maximum atomic E-state index is 6.41. The van der Waals surface area contributed by atoms with Crippen molar-refractivity contribution in [1.82, 2.24) is 9.97 Å². The molecule has 7 rings (SSSR count). The summed E-state index contributed by atoms with van der Waals surface area (Å²) in [4.78, 5) is 9.23. The Morgan fingerprint density at radius 1 is 0.529 bits per heavy atom. The summed E-state index contributed by atoms with van der Waals surface area (Å²) in [7, 11) is 0. The van der Waals surface area contributed by atoms with Crippen LogP contribution < -0.4 is 0 Å². The molecule has 5 aromatic carbocycles. The minimum absolute atomic E-state index is 0.266. The van der Waals surface area contributed by atoms with Gasteiger partial charge in [-0.1, -0.05) is 84.9 Å². The number of halogens is 1. The molecular formula is C30H17ClN2S. The molecule has 0 spiro atoms. The monoisotopic (exact) mass is 472 g/mol. The van der Waals surface area contributed by atoms with Gasteiger partial charge in [-0.3, -0.25) is 0 Å². The van der Waals surface area contributed by atoms with Crippen molar-refractivity contribution in [1.29, 1.82) is 0 Å².